The van der Waals surface area contributed by atoms with E-state index in [1.807, 2.05) is 13.0 Å². The predicted octanol–water partition coefficient (Wildman–Crippen LogP) is 2.42. The van der Waals surface area contributed by atoms with Crippen molar-refractivity contribution >= 4 is 21.6 Å². The molecule has 1 aliphatic heterocycles. The maximum atomic E-state index is 12.9. The Morgan fingerprint density at radius 1 is 1.32 bits per heavy atom. The van der Waals surface area contributed by atoms with Crippen molar-refractivity contribution in [1.82, 2.24) is 4.90 Å². The number of ether oxygens (including phenoxy) is 1. The third kappa shape index (κ3) is 4.45. The molecule has 140 valence electrons. The first kappa shape index (κ1) is 19.6. The standard InChI is InChI=1S/C18H28N2O4S/c1-13-8-10-19(11-9-13)18(21)15(3)20(25(5,22)23)16-12-14(2)6-7-17(16)24-4/h6-7,12-13,15H,8-11H2,1-5H3. The Morgan fingerprint density at radius 2 is 1.92 bits per heavy atom. The summed E-state index contributed by atoms with van der Waals surface area (Å²) in [6.07, 6.45) is 3.02. The second-order valence-electron chi connectivity index (χ2n) is 6.92. The number of rotatable bonds is 5. The molecule has 1 amide bonds. The fourth-order valence-electron chi connectivity index (χ4n) is 3.24. The summed E-state index contributed by atoms with van der Waals surface area (Å²) in [7, 11) is -2.16. The molecule has 1 aromatic carbocycles. The van der Waals surface area contributed by atoms with Crippen LogP contribution in [0.25, 0.3) is 0 Å². The number of carbonyl (C=O) groups is 1. The van der Waals surface area contributed by atoms with Crippen molar-refractivity contribution in [1.29, 1.82) is 0 Å². The molecule has 1 atom stereocenters. The van der Waals surface area contributed by atoms with E-state index in [4.69, 9.17) is 4.74 Å². The summed E-state index contributed by atoms with van der Waals surface area (Å²) < 4.78 is 31.5. The van der Waals surface area contributed by atoms with Crippen LogP contribution in [0.15, 0.2) is 18.2 Å². The molecule has 6 nitrogen and oxygen atoms in total. The Labute approximate surface area is 150 Å². The van der Waals surface area contributed by atoms with Gasteiger partial charge in [-0.2, -0.15) is 0 Å². The molecule has 0 aliphatic carbocycles. The highest BCUT2D eigenvalue weighted by atomic mass is 32.2. The van der Waals surface area contributed by atoms with E-state index < -0.39 is 16.1 Å². The number of aryl methyl sites for hydroxylation is 1. The first-order valence-corrected chi connectivity index (χ1v) is 10.4. The average Bonchev–Trinajstić information content (AvgIpc) is 2.54. The molecule has 1 aliphatic rings. The number of anilines is 1. The molecule has 7 heteroatoms. The van der Waals surface area contributed by atoms with Gasteiger partial charge in [-0.05, 0) is 50.3 Å². The Bertz CT molecular complexity index is 725. The van der Waals surface area contributed by atoms with Gasteiger partial charge in [0.15, 0.2) is 0 Å². The van der Waals surface area contributed by atoms with E-state index in [0.29, 0.717) is 30.4 Å². The highest BCUT2D eigenvalue weighted by Crippen LogP contribution is 2.33. The van der Waals surface area contributed by atoms with Gasteiger partial charge in [-0.25, -0.2) is 8.42 Å². The van der Waals surface area contributed by atoms with Gasteiger partial charge in [0.1, 0.15) is 11.8 Å². The smallest absolute Gasteiger partial charge is 0.246 e. The molecule has 0 aromatic heterocycles. The summed E-state index contributed by atoms with van der Waals surface area (Å²) in [4.78, 5) is 14.7. The minimum atomic E-state index is -3.66. The molecule has 0 saturated carbocycles. The Balaban J connectivity index is 2.38. The van der Waals surface area contributed by atoms with Gasteiger partial charge in [-0.15, -0.1) is 0 Å². The molecule has 1 aromatic rings. The number of nitrogens with zero attached hydrogens (tertiary/aromatic N) is 2. The van der Waals surface area contributed by atoms with Crippen molar-refractivity contribution in [2.75, 3.05) is 30.8 Å². The van der Waals surface area contributed by atoms with Gasteiger partial charge in [-0.3, -0.25) is 9.10 Å². The van der Waals surface area contributed by atoms with E-state index in [9.17, 15) is 13.2 Å². The van der Waals surface area contributed by atoms with E-state index in [1.54, 1.807) is 24.0 Å². The second-order valence-corrected chi connectivity index (χ2v) is 8.78. The van der Waals surface area contributed by atoms with Crippen LogP contribution in [0.1, 0.15) is 32.3 Å². The van der Waals surface area contributed by atoms with E-state index in [2.05, 4.69) is 6.92 Å². The maximum absolute atomic E-state index is 12.9. The normalized spacial score (nSPS) is 17.2. The van der Waals surface area contributed by atoms with Gasteiger partial charge >= 0.3 is 0 Å². The van der Waals surface area contributed by atoms with E-state index in [-0.39, 0.29) is 5.91 Å². The van der Waals surface area contributed by atoms with Crippen LogP contribution in [0.5, 0.6) is 5.75 Å². The van der Waals surface area contributed by atoms with Gasteiger partial charge in [0.2, 0.25) is 15.9 Å². The Hall–Kier alpha value is -1.76. The van der Waals surface area contributed by atoms with Gasteiger partial charge in [-0.1, -0.05) is 13.0 Å². The lowest BCUT2D eigenvalue weighted by molar-refractivity contribution is -0.133. The molecule has 0 bridgehead atoms. The van der Waals surface area contributed by atoms with Crippen LogP contribution in [-0.4, -0.2) is 51.7 Å². The maximum Gasteiger partial charge on any atom is 0.246 e. The van der Waals surface area contributed by atoms with Crippen LogP contribution in [0, 0.1) is 12.8 Å². The minimum absolute atomic E-state index is 0.166. The van der Waals surface area contributed by atoms with Crippen LogP contribution < -0.4 is 9.04 Å². The fraction of sp³-hybridized carbons (Fsp3) is 0.611. The average molecular weight is 368 g/mol. The predicted molar refractivity (Wildman–Crippen MR) is 99.5 cm³/mol. The molecule has 0 spiro atoms. The molecule has 0 N–H and O–H groups in total. The number of hydrogen-bond acceptors (Lipinski definition) is 4. The third-order valence-corrected chi connectivity index (χ3v) is 5.96. The Kier molecular flexibility index (Phi) is 5.98. The zero-order valence-corrected chi connectivity index (χ0v) is 16.5. The molecule has 1 saturated heterocycles. The third-order valence-electron chi connectivity index (χ3n) is 4.73. The van der Waals surface area contributed by atoms with Crippen molar-refractivity contribution in [3.05, 3.63) is 23.8 Å². The van der Waals surface area contributed by atoms with Gasteiger partial charge in [0.05, 0.1) is 19.1 Å². The highest BCUT2D eigenvalue weighted by Gasteiger charge is 2.34. The second kappa shape index (κ2) is 7.64. The van der Waals surface area contributed by atoms with Crippen molar-refractivity contribution in [2.45, 2.75) is 39.7 Å². The quantitative estimate of drug-likeness (QED) is 0.800. The van der Waals surface area contributed by atoms with Gasteiger partial charge in [0.25, 0.3) is 0 Å². The molecule has 0 radical (unpaired) electrons. The summed E-state index contributed by atoms with van der Waals surface area (Å²) in [6, 6.07) is 4.49. The number of amides is 1. The SMILES string of the molecule is COc1ccc(C)cc1N(C(C)C(=O)N1CCC(C)CC1)S(C)(=O)=O. The summed E-state index contributed by atoms with van der Waals surface area (Å²) in [6.45, 7) is 7.04. The van der Waals surface area contributed by atoms with Crippen molar-refractivity contribution in [3.8, 4) is 5.75 Å². The number of benzene rings is 1. The summed E-state index contributed by atoms with van der Waals surface area (Å²) in [5.41, 5.74) is 1.30. The summed E-state index contributed by atoms with van der Waals surface area (Å²) in [5, 5.41) is 0. The number of sulfonamides is 1. The number of likely N-dealkylation sites (tertiary alicyclic amines) is 1. The Morgan fingerprint density at radius 3 is 2.44 bits per heavy atom. The lowest BCUT2D eigenvalue weighted by Gasteiger charge is -2.36. The first-order chi connectivity index (χ1) is 11.6. The molecule has 1 fully saturated rings. The number of carbonyl (C=O) groups excluding carboxylic acids is 1. The molecular weight excluding hydrogens is 340 g/mol. The van der Waals surface area contributed by atoms with Crippen LogP contribution >= 0.6 is 0 Å². The van der Waals surface area contributed by atoms with Gasteiger partial charge in [0, 0.05) is 13.1 Å². The summed E-state index contributed by atoms with van der Waals surface area (Å²) in [5.74, 6) is 0.867. The number of piperidine rings is 1. The van der Waals surface area contributed by atoms with Crippen LogP contribution in [-0.2, 0) is 14.8 Å². The lowest BCUT2D eigenvalue weighted by Crippen LogP contribution is -2.51. The van der Waals surface area contributed by atoms with Crippen molar-refractivity contribution in [2.24, 2.45) is 5.92 Å². The fourth-order valence-corrected chi connectivity index (χ4v) is 4.40. The highest BCUT2D eigenvalue weighted by molar-refractivity contribution is 7.92. The first-order valence-electron chi connectivity index (χ1n) is 8.58. The topological polar surface area (TPSA) is 66.9 Å². The minimum Gasteiger partial charge on any atom is -0.495 e. The van der Waals surface area contributed by atoms with E-state index >= 15 is 0 Å². The number of hydrogen-bond donors (Lipinski definition) is 0. The zero-order valence-electron chi connectivity index (χ0n) is 15.7. The zero-order chi connectivity index (χ0) is 18.8. The number of methoxy groups -OCH3 is 1. The summed E-state index contributed by atoms with van der Waals surface area (Å²) >= 11 is 0. The lowest BCUT2D eigenvalue weighted by atomic mass is 9.99. The van der Waals surface area contributed by atoms with Crippen molar-refractivity contribution in [3.63, 3.8) is 0 Å². The molecular formula is C18H28N2O4S. The molecule has 25 heavy (non-hydrogen) atoms. The molecule has 1 unspecified atom stereocenters. The van der Waals surface area contributed by atoms with Gasteiger partial charge < -0.3 is 9.64 Å². The van der Waals surface area contributed by atoms with E-state index in [0.717, 1.165) is 24.7 Å². The van der Waals surface area contributed by atoms with Crippen LogP contribution in [0.2, 0.25) is 0 Å². The molecule has 2 rings (SSSR count). The van der Waals surface area contributed by atoms with Crippen molar-refractivity contribution < 1.29 is 17.9 Å². The monoisotopic (exact) mass is 368 g/mol. The van der Waals surface area contributed by atoms with Crippen LogP contribution in [0.4, 0.5) is 5.69 Å². The van der Waals surface area contributed by atoms with E-state index in [1.165, 1.54) is 11.4 Å². The largest absolute Gasteiger partial charge is 0.495 e. The molecule has 1 heterocycles. The van der Waals surface area contributed by atoms with Crippen LogP contribution in [0.3, 0.4) is 0 Å².